The summed E-state index contributed by atoms with van der Waals surface area (Å²) in [5.41, 5.74) is 7.27. The van der Waals surface area contributed by atoms with Crippen molar-refractivity contribution in [1.29, 1.82) is 0 Å². The topological polar surface area (TPSA) is 73.6 Å². The van der Waals surface area contributed by atoms with Gasteiger partial charge in [-0.3, -0.25) is 4.79 Å². The number of hydrogen-bond acceptors (Lipinski definition) is 4. The zero-order valence-corrected chi connectivity index (χ0v) is 11.4. The van der Waals surface area contributed by atoms with Gasteiger partial charge < -0.3 is 20.5 Å². The molecule has 0 fully saturated rings. The first-order chi connectivity index (χ1) is 10.2. The molecule has 3 rings (SSSR count). The van der Waals surface area contributed by atoms with Crippen LogP contribution in [0, 0.1) is 0 Å². The number of anilines is 1. The monoisotopic (exact) mass is 284 g/mol. The average molecular weight is 284 g/mol. The summed E-state index contributed by atoms with van der Waals surface area (Å²) < 4.78 is 11.1. The second kappa shape index (κ2) is 5.85. The highest BCUT2D eigenvalue weighted by atomic mass is 16.5. The van der Waals surface area contributed by atoms with Gasteiger partial charge in [-0.25, -0.2) is 0 Å². The minimum absolute atomic E-state index is 0.186. The lowest BCUT2D eigenvalue weighted by Crippen LogP contribution is -2.19. The van der Waals surface area contributed by atoms with Crippen molar-refractivity contribution in [2.24, 2.45) is 5.73 Å². The smallest absolute Gasteiger partial charge is 0.245 e. The minimum atomic E-state index is -0.588. The largest absolute Gasteiger partial charge is 0.490 e. The van der Waals surface area contributed by atoms with E-state index in [2.05, 4.69) is 5.32 Å². The van der Waals surface area contributed by atoms with Gasteiger partial charge in [-0.15, -0.1) is 0 Å². The summed E-state index contributed by atoms with van der Waals surface area (Å²) in [6, 6.07) is 14.4. The Morgan fingerprint density at radius 2 is 1.71 bits per heavy atom. The molecule has 0 saturated carbocycles. The van der Waals surface area contributed by atoms with Gasteiger partial charge in [0.15, 0.2) is 0 Å². The van der Waals surface area contributed by atoms with E-state index in [1.165, 1.54) is 0 Å². The molecule has 3 N–H and O–H groups in total. The molecular formula is C16H16N2O3. The van der Waals surface area contributed by atoms with Crippen molar-refractivity contribution in [3.63, 3.8) is 0 Å². The van der Waals surface area contributed by atoms with Crippen molar-refractivity contribution in [2.75, 3.05) is 18.5 Å². The molecule has 0 saturated heterocycles. The first-order valence-corrected chi connectivity index (χ1v) is 6.75. The number of amides is 1. The Hall–Kier alpha value is -2.53. The average Bonchev–Trinajstić information content (AvgIpc) is 2.79. The van der Waals surface area contributed by atoms with Gasteiger partial charge in [0.1, 0.15) is 30.8 Å². The standard InChI is InChI=1S/C16H16N2O3/c17-15-13-7-6-12(10-14(13)18-16(15)19)21-9-8-20-11-4-2-1-3-5-11/h1-7,10,15H,8-9,17H2,(H,18,19). The van der Waals surface area contributed by atoms with E-state index >= 15 is 0 Å². The van der Waals surface area contributed by atoms with Gasteiger partial charge in [0.2, 0.25) is 5.91 Å². The molecule has 0 aliphatic carbocycles. The molecule has 0 spiro atoms. The highest BCUT2D eigenvalue weighted by Crippen LogP contribution is 2.32. The van der Waals surface area contributed by atoms with Crippen molar-refractivity contribution in [1.82, 2.24) is 0 Å². The summed E-state index contributed by atoms with van der Waals surface area (Å²) in [6.07, 6.45) is 0. The molecule has 1 aliphatic heterocycles. The molecule has 2 aromatic carbocycles. The van der Waals surface area contributed by atoms with Crippen LogP contribution in [0.15, 0.2) is 48.5 Å². The first-order valence-electron chi connectivity index (χ1n) is 6.75. The van der Waals surface area contributed by atoms with Crippen LogP contribution in [0.3, 0.4) is 0 Å². The number of rotatable bonds is 5. The highest BCUT2D eigenvalue weighted by molar-refractivity contribution is 6.02. The minimum Gasteiger partial charge on any atom is -0.490 e. The fourth-order valence-corrected chi connectivity index (χ4v) is 2.19. The maximum atomic E-state index is 11.5. The Bertz CT molecular complexity index is 643. The Morgan fingerprint density at radius 1 is 1.00 bits per heavy atom. The van der Waals surface area contributed by atoms with Gasteiger partial charge in [-0.1, -0.05) is 24.3 Å². The van der Waals surface area contributed by atoms with Crippen LogP contribution in [0.25, 0.3) is 0 Å². The lowest BCUT2D eigenvalue weighted by molar-refractivity contribution is -0.116. The number of carbonyl (C=O) groups excluding carboxylic acids is 1. The third kappa shape index (κ3) is 2.98. The second-order valence-electron chi connectivity index (χ2n) is 4.73. The summed E-state index contributed by atoms with van der Waals surface area (Å²) in [7, 11) is 0. The Balaban J connectivity index is 1.53. The molecule has 21 heavy (non-hydrogen) atoms. The van der Waals surface area contributed by atoms with E-state index in [-0.39, 0.29) is 5.91 Å². The van der Waals surface area contributed by atoms with E-state index in [1.54, 1.807) is 6.07 Å². The lowest BCUT2D eigenvalue weighted by Gasteiger charge is -2.09. The van der Waals surface area contributed by atoms with Gasteiger partial charge in [-0.05, 0) is 18.2 Å². The van der Waals surface area contributed by atoms with Crippen molar-refractivity contribution in [2.45, 2.75) is 6.04 Å². The molecule has 0 aromatic heterocycles. The van der Waals surface area contributed by atoms with Crippen LogP contribution in [0.2, 0.25) is 0 Å². The molecule has 108 valence electrons. The van der Waals surface area contributed by atoms with Crippen LogP contribution in [0.5, 0.6) is 11.5 Å². The third-order valence-electron chi connectivity index (χ3n) is 3.26. The Kier molecular flexibility index (Phi) is 3.75. The third-order valence-corrected chi connectivity index (χ3v) is 3.26. The SMILES string of the molecule is NC1C(=O)Nc2cc(OCCOc3ccccc3)ccc21. The van der Waals surface area contributed by atoms with Crippen molar-refractivity contribution in [3.05, 3.63) is 54.1 Å². The predicted octanol–water partition coefficient (Wildman–Crippen LogP) is 2.10. The number of nitrogens with one attached hydrogen (secondary N) is 1. The maximum absolute atomic E-state index is 11.5. The van der Waals surface area contributed by atoms with E-state index in [4.69, 9.17) is 15.2 Å². The van der Waals surface area contributed by atoms with E-state index in [0.717, 1.165) is 11.3 Å². The van der Waals surface area contributed by atoms with E-state index in [1.807, 2.05) is 42.5 Å². The lowest BCUT2D eigenvalue weighted by atomic mass is 10.1. The summed E-state index contributed by atoms with van der Waals surface area (Å²) in [5, 5.41) is 2.73. The zero-order valence-electron chi connectivity index (χ0n) is 11.4. The molecule has 1 heterocycles. The number of para-hydroxylation sites is 1. The normalized spacial score (nSPS) is 16.2. The quantitative estimate of drug-likeness (QED) is 0.825. The van der Waals surface area contributed by atoms with Crippen molar-refractivity contribution >= 4 is 11.6 Å². The van der Waals surface area contributed by atoms with Gasteiger partial charge in [-0.2, -0.15) is 0 Å². The molecule has 1 amide bonds. The summed E-state index contributed by atoms with van der Waals surface area (Å²) in [5.74, 6) is 1.31. The van der Waals surface area contributed by atoms with Crippen LogP contribution < -0.4 is 20.5 Å². The Morgan fingerprint density at radius 3 is 2.48 bits per heavy atom. The van der Waals surface area contributed by atoms with Gasteiger partial charge in [0.25, 0.3) is 0 Å². The molecule has 1 aliphatic rings. The van der Waals surface area contributed by atoms with Crippen molar-refractivity contribution in [3.8, 4) is 11.5 Å². The molecule has 0 radical (unpaired) electrons. The van der Waals surface area contributed by atoms with Crippen LogP contribution in [0.1, 0.15) is 11.6 Å². The van der Waals surface area contributed by atoms with Crippen molar-refractivity contribution < 1.29 is 14.3 Å². The van der Waals surface area contributed by atoms with Gasteiger partial charge in [0, 0.05) is 17.3 Å². The fraction of sp³-hybridized carbons (Fsp3) is 0.188. The number of hydrogen-bond donors (Lipinski definition) is 2. The first kappa shape index (κ1) is 13.5. The number of carbonyl (C=O) groups is 1. The molecule has 2 aromatic rings. The molecular weight excluding hydrogens is 268 g/mol. The summed E-state index contributed by atoms with van der Waals surface area (Å²) in [4.78, 5) is 11.5. The van der Waals surface area contributed by atoms with E-state index in [9.17, 15) is 4.79 Å². The Labute approximate surface area is 122 Å². The van der Waals surface area contributed by atoms with Crippen LogP contribution in [-0.4, -0.2) is 19.1 Å². The molecule has 1 atom stereocenters. The second-order valence-corrected chi connectivity index (χ2v) is 4.73. The number of benzene rings is 2. The van der Waals surface area contributed by atoms with Gasteiger partial charge >= 0.3 is 0 Å². The summed E-state index contributed by atoms with van der Waals surface area (Å²) in [6.45, 7) is 0.876. The number of nitrogens with two attached hydrogens (primary N) is 1. The van der Waals surface area contributed by atoms with Gasteiger partial charge in [0.05, 0.1) is 0 Å². The maximum Gasteiger partial charge on any atom is 0.245 e. The van der Waals surface area contributed by atoms with E-state index < -0.39 is 6.04 Å². The number of fused-ring (bicyclic) bond motifs is 1. The van der Waals surface area contributed by atoms with Crippen LogP contribution in [-0.2, 0) is 4.79 Å². The molecule has 1 unspecified atom stereocenters. The van der Waals surface area contributed by atoms with E-state index in [0.29, 0.717) is 24.7 Å². The van der Waals surface area contributed by atoms with Crippen LogP contribution in [0.4, 0.5) is 5.69 Å². The van der Waals surface area contributed by atoms with Crippen LogP contribution >= 0.6 is 0 Å². The number of ether oxygens (including phenoxy) is 2. The predicted molar refractivity (Wildman–Crippen MR) is 79.4 cm³/mol. The molecule has 5 heteroatoms. The summed E-state index contributed by atoms with van der Waals surface area (Å²) >= 11 is 0. The highest BCUT2D eigenvalue weighted by Gasteiger charge is 2.27. The fourth-order valence-electron chi connectivity index (χ4n) is 2.19. The molecule has 0 bridgehead atoms. The molecule has 5 nitrogen and oxygen atoms in total. The zero-order chi connectivity index (χ0) is 14.7.